The molecular weight excluding hydrogens is 448 g/mol. The van der Waals surface area contributed by atoms with Crippen molar-refractivity contribution in [3.8, 4) is 22.9 Å². The number of amides is 1. The first-order chi connectivity index (χ1) is 15.3. The van der Waals surface area contributed by atoms with Crippen LogP contribution in [0.2, 0.25) is 5.02 Å². The van der Waals surface area contributed by atoms with Gasteiger partial charge in [0.25, 0.3) is 5.91 Å². The average Bonchev–Trinajstić information content (AvgIpc) is 3.29. The summed E-state index contributed by atoms with van der Waals surface area (Å²) >= 11 is 6.34. The maximum absolute atomic E-state index is 13.1. The Balaban J connectivity index is 1.84. The molecule has 1 heterocycles. The molecule has 0 aliphatic heterocycles. The highest BCUT2D eigenvalue weighted by atomic mass is 35.5. The first-order valence-electron chi connectivity index (χ1n) is 9.40. The molecule has 9 nitrogen and oxygen atoms in total. The summed E-state index contributed by atoms with van der Waals surface area (Å²) in [6.07, 6.45) is 1.37. The van der Waals surface area contributed by atoms with Crippen LogP contribution in [0.1, 0.15) is 22.8 Å². The van der Waals surface area contributed by atoms with Crippen molar-refractivity contribution in [3.63, 3.8) is 0 Å². The average molecular weight is 468 g/mol. The number of nitrogens with zero attached hydrogens (tertiary/aromatic N) is 5. The van der Waals surface area contributed by atoms with Crippen molar-refractivity contribution in [3.05, 3.63) is 52.8 Å². The molecule has 2 aromatic carbocycles. The van der Waals surface area contributed by atoms with Gasteiger partial charge in [0.2, 0.25) is 0 Å². The minimum absolute atomic E-state index is 0.0776. The van der Waals surface area contributed by atoms with Crippen LogP contribution in [0.15, 0.2) is 36.7 Å². The highest BCUT2D eigenvalue weighted by Crippen LogP contribution is 2.32. The molecule has 12 heteroatoms. The van der Waals surface area contributed by atoms with Crippen molar-refractivity contribution in [2.45, 2.75) is 20.1 Å². The van der Waals surface area contributed by atoms with Crippen molar-refractivity contribution < 1.29 is 27.8 Å². The lowest BCUT2D eigenvalue weighted by atomic mass is 10.1. The maximum Gasteiger partial charge on any atom is 0.387 e. The molecule has 3 rings (SSSR count). The molecule has 0 unspecified atom stereocenters. The van der Waals surface area contributed by atoms with E-state index >= 15 is 0 Å². The van der Waals surface area contributed by atoms with Crippen LogP contribution in [-0.2, 0) is 6.54 Å². The molecule has 32 heavy (non-hydrogen) atoms. The highest BCUT2D eigenvalue weighted by Gasteiger charge is 2.21. The van der Waals surface area contributed by atoms with Gasteiger partial charge in [-0.05, 0) is 41.1 Å². The first-order valence-corrected chi connectivity index (χ1v) is 9.78. The van der Waals surface area contributed by atoms with Crippen LogP contribution in [0, 0.1) is 0 Å². The predicted octanol–water partition coefficient (Wildman–Crippen LogP) is 3.60. The summed E-state index contributed by atoms with van der Waals surface area (Å²) in [7, 11) is 3.02. The zero-order valence-corrected chi connectivity index (χ0v) is 18.2. The van der Waals surface area contributed by atoms with E-state index in [4.69, 9.17) is 21.1 Å². The summed E-state index contributed by atoms with van der Waals surface area (Å²) in [6.45, 7) is -0.813. The molecule has 1 amide bonds. The third-order valence-corrected chi connectivity index (χ3v) is 4.69. The van der Waals surface area contributed by atoms with E-state index in [1.54, 1.807) is 32.2 Å². The SMILES string of the molecule is CCOc1cc(CN(C)C(=O)c2cc(Cl)c(-n3cnnn3)cc2OC)ccc1OC(F)F. The standard InChI is InChI=1S/C20H20ClF2N5O4/c1-4-31-18-7-12(5-6-16(18)32-20(22)23)10-27(2)19(29)13-8-14(21)15(9-17(13)30-3)28-11-24-25-26-28/h5-9,11,20H,4,10H2,1-3H3. The second-order valence-electron chi connectivity index (χ2n) is 6.51. The fraction of sp³-hybridized carbons (Fsp3) is 0.300. The Morgan fingerprint density at radius 1 is 1.22 bits per heavy atom. The first kappa shape index (κ1) is 23.2. The lowest BCUT2D eigenvalue weighted by Crippen LogP contribution is -2.26. The lowest BCUT2D eigenvalue weighted by molar-refractivity contribution is -0.0514. The predicted molar refractivity (Wildman–Crippen MR) is 111 cm³/mol. The number of carbonyl (C=O) groups is 1. The van der Waals surface area contributed by atoms with Gasteiger partial charge in [-0.1, -0.05) is 17.7 Å². The van der Waals surface area contributed by atoms with E-state index in [0.717, 1.165) is 0 Å². The van der Waals surface area contributed by atoms with Crippen LogP contribution in [-0.4, -0.2) is 58.4 Å². The normalized spacial score (nSPS) is 10.8. The number of rotatable bonds is 9. The van der Waals surface area contributed by atoms with Gasteiger partial charge < -0.3 is 19.1 Å². The molecule has 0 saturated heterocycles. The van der Waals surface area contributed by atoms with Crippen LogP contribution in [0.4, 0.5) is 8.78 Å². The van der Waals surface area contributed by atoms with E-state index in [1.165, 1.54) is 35.2 Å². The number of carbonyl (C=O) groups excluding carboxylic acids is 1. The molecule has 3 aromatic rings. The van der Waals surface area contributed by atoms with E-state index in [-0.39, 0.29) is 46.9 Å². The molecule has 0 N–H and O–H groups in total. The van der Waals surface area contributed by atoms with E-state index in [2.05, 4.69) is 20.3 Å². The third-order valence-electron chi connectivity index (χ3n) is 4.39. The molecule has 0 aliphatic rings. The number of halogens is 3. The van der Waals surface area contributed by atoms with Crippen molar-refractivity contribution in [2.24, 2.45) is 0 Å². The third kappa shape index (κ3) is 5.22. The number of aromatic nitrogens is 4. The molecule has 1 aromatic heterocycles. The van der Waals surface area contributed by atoms with E-state index in [1.807, 2.05) is 0 Å². The minimum Gasteiger partial charge on any atom is -0.496 e. The fourth-order valence-corrected chi connectivity index (χ4v) is 3.24. The van der Waals surface area contributed by atoms with Crippen molar-refractivity contribution in [1.29, 1.82) is 0 Å². The van der Waals surface area contributed by atoms with Crippen LogP contribution in [0.25, 0.3) is 5.69 Å². The summed E-state index contributed by atoms with van der Waals surface area (Å²) in [5.74, 6) is 0.00843. The summed E-state index contributed by atoms with van der Waals surface area (Å²) in [5, 5.41) is 11.2. The largest absolute Gasteiger partial charge is 0.496 e. The summed E-state index contributed by atoms with van der Waals surface area (Å²) in [5.41, 5.74) is 1.34. The van der Waals surface area contributed by atoms with Crippen LogP contribution < -0.4 is 14.2 Å². The lowest BCUT2D eigenvalue weighted by Gasteiger charge is -2.20. The number of tetrazole rings is 1. The van der Waals surface area contributed by atoms with E-state index < -0.39 is 6.61 Å². The molecule has 0 aliphatic carbocycles. The number of methoxy groups -OCH3 is 1. The quantitative estimate of drug-likeness (QED) is 0.475. The summed E-state index contributed by atoms with van der Waals surface area (Å²) in [4.78, 5) is 14.5. The number of hydrogen-bond donors (Lipinski definition) is 0. The van der Waals surface area contributed by atoms with E-state index in [9.17, 15) is 13.6 Å². The monoisotopic (exact) mass is 467 g/mol. The van der Waals surface area contributed by atoms with Crippen LogP contribution in [0.5, 0.6) is 17.2 Å². The van der Waals surface area contributed by atoms with Crippen LogP contribution >= 0.6 is 11.6 Å². The molecular formula is C20H20ClF2N5O4. The van der Waals surface area contributed by atoms with Gasteiger partial charge >= 0.3 is 6.61 Å². The van der Waals surface area contributed by atoms with Crippen molar-refractivity contribution >= 4 is 17.5 Å². The van der Waals surface area contributed by atoms with Crippen molar-refractivity contribution in [2.75, 3.05) is 20.8 Å². The molecule has 0 spiro atoms. The fourth-order valence-electron chi connectivity index (χ4n) is 2.99. The molecule has 170 valence electrons. The zero-order valence-electron chi connectivity index (χ0n) is 17.5. The van der Waals surface area contributed by atoms with Gasteiger partial charge in [0.15, 0.2) is 11.5 Å². The van der Waals surface area contributed by atoms with Gasteiger partial charge in [-0.25, -0.2) is 0 Å². The Kier molecular flexibility index (Phi) is 7.41. The Morgan fingerprint density at radius 2 is 2.00 bits per heavy atom. The van der Waals surface area contributed by atoms with Gasteiger partial charge in [0.05, 0.1) is 30.0 Å². The number of hydrogen-bond acceptors (Lipinski definition) is 7. The van der Waals surface area contributed by atoms with Gasteiger partial charge in [-0.2, -0.15) is 13.5 Å². The summed E-state index contributed by atoms with van der Waals surface area (Å²) < 4.78 is 41.8. The molecule has 0 atom stereocenters. The van der Waals surface area contributed by atoms with E-state index in [0.29, 0.717) is 11.3 Å². The minimum atomic E-state index is -2.97. The van der Waals surface area contributed by atoms with Gasteiger partial charge in [0, 0.05) is 19.7 Å². The second kappa shape index (κ2) is 10.2. The smallest absolute Gasteiger partial charge is 0.387 e. The Morgan fingerprint density at radius 3 is 2.62 bits per heavy atom. The molecule has 0 bridgehead atoms. The Hall–Kier alpha value is -3.47. The molecule has 0 radical (unpaired) electrons. The number of ether oxygens (including phenoxy) is 3. The van der Waals surface area contributed by atoms with Crippen molar-refractivity contribution in [1.82, 2.24) is 25.1 Å². The maximum atomic E-state index is 13.1. The highest BCUT2D eigenvalue weighted by molar-refractivity contribution is 6.33. The van der Waals surface area contributed by atoms with Crippen LogP contribution in [0.3, 0.4) is 0 Å². The second-order valence-corrected chi connectivity index (χ2v) is 6.92. The Labute approximate surface area is 187 Å². The van der Waals surface area contributed by atoms with Gasteiger partial charge in [-0.3, -0.25) is 4.79 Å². The molecule has 0 fully saturated rings. The van der Waals surface area contributed by atoms with Gasteiger partial charge in [-0.15, -0.1) is 5.10 Å². The molecule has 0 saturated carbocycles. The number of alkyl halides is 2. The topological polar surface area (TPSA) is 91.6 Å². The van der Waals surface area contributed by atoms with Gasteiger partial charge in [0.1, 0.15) is 12.1 Å². The number of benzene rings is 2. The Bertz CT molecular complexity index is 1080. The summed E-state index contributed by atoms with van der Waals surface area (Å²) in [6, 6.07) is 7.54. The zero-order chi connectivity index (χ0) is 23.3.